The lowest BCUT2D eigenvalue weighted by Crippen LogP contribution is -2.56. The second kappa shape index (κ2) is 24.4. The van der Waals surface area contributed by atoms with Crippen molar-refractivity contribution in [3.63, 3.8) is 0 Å². The Bertz CT molecular complexity index is 1650. The first-order chi connectivity index (χ1) is 26.7. The fourth-order valence-corrected chi connectivity index (χ4v) is 6.58. The number of amides is 5. The van der Waals surface area contributed by atoms with Gasteiger partial charge in [-0.05, 0) is 118 Å². The van der Waals surface area contributed by atoms with Crippen molar-refractivity contribution >= 4 is 46.9 Å². The molecule has 0 bridgehead atoms. The number of hydrogen-bond acceptors (Lipinski definition) is 8. The Hall–Kier alpha value is -5.03. The zero-order valence-electron chi connectivity index (χ0n) is 32.2. The van der Waals surface area contributed by atoms with Gasteiger partial charge in [-0.1, -0.05) is 55.3 Å². The van der Waals surface area contributed by atoms with Crippen LogP contribution in [-0.4, -0.2) is 73.8 Å². The maximum absolute atomic E-state index is 13.9. The molecule has 1 aliphatic heterocycles. The van der Waals surface area contributed by atoms with E-state index in [4.69, 9.17) is 23.6 Å². The van der Waals surface area contributed by atoms with E-state index in [9.17, 15) is 24.0 Å². The SMILES string of the molecule is C#CCNC(=O)C(CCCCN)NC(=O)C(CCCCN)NC(=O)C(CCCCN)NC(=O)CCC(=O)N1Cc2ccccc2/C(CC)=C\c2ccccc21. The third-order valence-corrected chi connectivity index (χ3v) is 9.62. The van der Waals surface area contributed by atoms with Crippen LogP contribution in [0.5, 0.6) is 0 Å². The molecule has 1 aliphatic rings. The van der Waals surface area contributed by atoms with E-state index in [2.05, 4.69) is 46.3 Å². The molecule has 3 unspecified atom stereocenters. The maximum Gasteiger partial charge on any atom is 0.243 e. The van der Waals surface area contributed by atoms with Gasteiger partial charge in [-0.3, -0.25) is 24.0 Å². The molecule has 2 aromatic rings. The van der Waals surface area contributed by atoms with Crippen LogP contribution in [0.15, 0.2) is 48.5 Å². The number of hydrogen-bond donors (Lipinski definition) is 7. The van der Waals surface area contributed by atoms with Crippen molar-refractivity contribution in [2.75, 3.05) is 31.1 Å². The van der Waals surface area contributed by atoms with E-state index in [1.54, 1.807) is 4.90 Å². The summed E-state index contributed by atoms with van der Waals surface area (Å²) in [5.41, 5.74) is 22.1. The number of carbonyl (C=O) groups is 5. The van der Waals surface area contributed by atoms with E-state index in [0.717, 1.165) is 28.8 Å². The summed E-state index contributed by atoms with van der Waals surface area (Å²) in [6.07, 6.45) is 12.5. The van der Waals surface area contributed by atoms with Crippen LogP contribution in [0.3, 0.4) is 0 Å². The van der Waals surface area contributed by atoms with Crippen LogP contribution >= 0.6 is 0 Å². The van der Waals surface area contributed by atoms with E-state index in [-0.39, 0.29) is 38.1 Å². The van der Waals surface area contributed by atoms with Crippen molar-refractivity contribution < 1.29 is 24.0 Å². The average molecular weight is 757 g/mol. The van der Waals surface area contributed by atoms with Crippen molar-refractivity contribution in [3.8, 4) is 12.3 Å². The minimum absolute atomic E-state index is 0.00492. The molecule has 0 aliphatic carbocycles. The summed E-state index contributed by atoms with van der Waals surface area (Å²) >= 11 is 0. The first-order valence-corrected chi connectivity index (χ1v) is 19.6. The van der Waals surface area contributed by atoms with E-state index < -0.39 is 41.8 Å². The number of nitrogens with one attached hydrogen (secondary N) is 4. The molecule has 10 N–H and O–H groups in total. The monoisotopic (exact) mass is 756 g/mol. The molecular formula is C42H60N8O5. The molecule has 1 heterocycles. The number of benzene rings is 2. The van der Waals surface area contributed by atoms with Gasteiger partial charge in [0, 0.05) is 12.8 Å². The van der Waals surface area contributed by atoms with Crippen molar-refractivity contribution in [1.29, 1.82) is 0 Å². The number of unbranched alkanes of at least 4 members (excludes halogenated alkanes) is 3. The van der Waals surface area contributed by atoms with Crippen LogP contribution in [0.4, 0.5) is 5.69 Å². The number of nitrogens with zero attached hydrogens (tertiary/aromatic N) is 1. The Kier molecular flexibility index (Phi) is 19.7. The number of allylic oxidation sites excluding steroid dienone is 1. The highest BCUT2D eigenvalue weighted by atomic mass is 16.2. The van der Waals surface area contributed by atoms with E-state index in [1.807, 2.05) is 42.5 Å². The lowest BCUT2D eigenvalue weighted by molar-refractivity contribution is -0.134. The predicted molar refractivity (Wildman–Crippen MR) is 218 cm³/mol. The van der Waals surface area contributed by atoms with Gasteiger partial charge in [-0.2, -0.15) is 0 Å². The zero-order valence-corrected chi connectivity index (χ0v) is 32.2. The number of carbonyl (C=O) groups excluding carboxylic acids is 5. The largest absolute Gasteiger partial charge is 0.344 e. The number of nitrogens with two attached hydrogens (primary N) is 3. The van der Waals surface area contributed by atoms with Crippen LogP contribution in [0.25, 0.3) is 11.6 Å². The molecule has 3 atom stereocenters. The molecule has 0 saturated carbocycles. The number of anilines is 1. The fraction of sp³-hybridized carbons (Fsp3) is 0.500. The minimum Gasteiger partial charge on any atom is -0.344 e. The Balaban J connectivity index is 1.75. The lowest BCUT2D eigenvalue weighted by Gasteiger charge is -2.28. The van der Waals surface area contributed by atoms with Crippen LogP contribution in [-0.2, 0) is 30.5 Å². The summed E-state index contributed by atoms with van der Waals surface area (Å²) in [5, 5.41) is 11.0. The van der Waals surface area contributed by atoms with Crippen molar-refractivity contribution in [3.05, 3.63) is 65.2 Å². The molecule has 0 radical (unpaired) electrons. The quantitative estimate of drug-likeness (QED) is 0.0660. The van der Waals surface area contributed by atoms with Gasteiger partial charge in [0.2, 0.25) is 29.5 Å². The first-order valence-electron chi connectivity index (χ1n) is 19.6. The zero-order chi connectivity index (χ0) is 40.0. The topological polar surface area (TPSA) is 215 Å². The standard InChI is InChI=1S/C42H60N8O5/c1-3-27-46-40(53)34(18-9-12-24-43)48-42(55)36(20-11-14-26-45)49-41(54)35(19-10-13-25-44)47-38(51)22-23-39(52)50-29-32-16-5-7-17-33(32)30(4-2)28-31-15-6-8-21-37(31)50/h1,5-8,15-17,21,28,34-36H,4,9-14,18-20,22-27,29,43-45H2,2H3,(H,46,53)(H,47,51)(H,48,55)(H,49,54)/b30-28-. The van der Waals surface area contributed by atoms with E-state index >= 15 is 0 Å². The summed E-state index contributed by atoms with van der Waals surface area (Å²) < 4.78 is 0. The highest BCUT2D eigenvalue weighted by Crippen LogP contribution is 2.34. The molecule has 55 heavy (non-hydrogen) atoms. The van der Waals surface area contributed by atoms with E-state index in [0.29, 0.717) is 71.1 Å². The minimum atomic E-state index is -0.996. The number of fused-ring (bicyclic) bond motifs is 2. The van der Waals surface area contributed by atoms with Gasteiger partial charge in [-0.15, -0.1) is 6.42 Å². The highest BCUT2D eigenvalue weighted by molar-refractivity contribution is 6.00. The van der Waals surface area contributed by atoms with E-state index in [1.165, 1.54) is 5.57 Å². The van der Waals surface area contributed by atoms with Gasteiger partial charge in [-0.25, -0.2) is 0 Å². The maximum atomic E-state index is 13.9. The Morgan fingerprint density at radius 2 is 1.27 bits per heavy atom. The molecule has 13 heteroatoms. The summed E-state index contributed by atoms with van der Waals surface area (Å²) in [5.74, 6) is 0.153. The van der Waals surface area contributed by atoms with Crippen LogP contribution in [0, 0.1) is 12.3 Å². The lowest BCUT2D eigenvalue weighted by atomic mass is 9.93. The van der Waals surface area contributed by atoms with Gasteiger partial charge < -0.3 is 43.4 Å². The third-order valence-electron chi connectivity index (χ3n) is 9.62. The Morgan fingerprint density at radius 1 is 0.727 bits per heavy atom. The number of rotatable bonds is 23. The summed E-state index contributed by atoms with van der Waals surface area (Å²) in [6.45, 7) is 3.71. The molecular weight excluding hydrogens is 697 g/mol. The van der Waals surface area contributed by atoms with Crippen molar-refractivity contribution in [1.82, 2.24) is 21.3 Å². The normalized spacial score (nSPS) is 14.6. The molecule has 298 valence electrons. The Labute approximate surface area is 326 Å². The first kappa shape index (κ1) is 44.4. The van der Waals surface area contributed by atoms with Crippen LogP contribution in [0.1, 0.15) is 101 Å². The van der Waals surface area contributed by atoms with Gasteiger partial charge >= 0.3 is 0 Å². The predicted octanol–water partition coefficient (Wildman–Crippen LogP) is 2.85. The molecule has 0 fully saturated rings. The summed E-state index contributed by atoms with van der Waals surface area (Å²) in [4.78, 5) is 69.3. The molecule has 0 saturated heterocycles. The van der Waals surface area contributed by atoms with Crippen molar-refractivity contribution in [2.45, 2.75) is 109 Å². The Morgan fingerprint density at radius 3 is 1.85 bits per heavy atom. The van der Waals surface area contributed by atoms with Crippen LogP contribution in [0.2, 0.25) is 0 Å². The second-order valence-electron chi connectivity index (χ2n) is 13.7. The highest BCUT2D eigenvalue weighted by Gasteiger charge is 2.30. The molecule has 5 amide bonds. The smallest absolute Gasteiger partial charge is 0.243 e. The number of para-hydroxylation sites is 1. The van der Waals surface area contributed by atoms with Crippen LogP contribution < -0.4 is 43.4 Å². The summed E-state index contributed by atoms with van der Waals surface area (Å²) in [6, 6.07) is 12.9. The molecule has 0 aromatic heterocycles. The fourth-order valence-electron chi connectivity index (χ4n) is 6.58. The molecule has 3 rings (SSSR count). The summed E-state index contributed by atoms with van der Waals surface area (Å²) in [7, 11) is 0. The van der Waals surface area contributed by atoms with Gasteiger partial charge in [0.1, 0.15) is 18.1 Å². The molecule has 2 aromatic carbocycles. The molecule has 13 nitrogen and oxygen atoms in total. The average Bonchev–Trinajstić information content (AvgIpc) is 3.18. The van der Waals surface area contributed by atoms with Crippen molar-refractivity contribution in [2.24, 2.45) is 17.2 Å². The number of terminal acetylenes is 1. The van der Waals surface area contributed by atoms with Gasteiger partial charge in [0.05, 0.1) is 18.8 Å². The second-order valence-corrected chi connectivity index (χ2v) is 13.7. The van der Waals surface area contributed by atoms with Gasteiger partial charge in [0.15, 0.2) is 0 Å². The van der Waals surface area contributed by atoms with Gasteiger partial charge in [0.25, 0.3) is 0 Å². The molecule has 0 spiro atoms. The third kappa shape index (κ3) is 14.3.